The molecule has 5 nitrogen and oxygen atoms in total. The summed E-state index contributed by atoms with van der Waals surface area (Å²) in [5.41, 5.74) is 2.87. The Labute approximate surface area is 178 Å². The molecule has 0 aliphatic rings. The normalized spacial score (nSPS) is 12.2. The van der Waals surface area contributed by atoms with Gasteiger partial charge in [0.05, 0.1) is 10.6 Å². The zero-order valence-corrected chi connectivity index (χ0v) is 17.9. The molecular formula is C24H26N2O3S. The number of nitrogens with one attached hydrogen (secondary N) is 2. The number of benzene rings is 3. The molecule has 0 saturated carbocycles. The third-order valence-electron chi connectivity index (χ3n) is 4.87. The van der Waals surface area contributed by atoms with Crippen LogP contribution in [0.25, 0.3) is 0 Å². The first-order chi connectivity index (χ1) is 14.3. The van der Waals surface area contributed by atoms with Crippen molar-refractivity contribution in [2.45, 2.75) is 37.6 Å². The van der Waals surface area contributed by atoms with Crippen LogP contribution in [0.5, 0.6) is 0 Å². The van der Waals surface area contributed by atoms with Crippen molar-refractivity contribution in [3.05, 3.63) is 95.6 Å². The van der Waals surface area contributed by atoms with Gasteiger partial charge in [-0.3, -0.25) is 9.52 Å². The van der Waals surface area contributed by atoms with Crippen molar-refractivity contribution in [1.82, 2.24) is 5.32 Å². The molecule has 0 radical (unpaired) electrons. The van der Waals surface area contributed by atoms with Crippen molar-refractivity contribution in [3.63, 3.8) is 0 Å². The van der Waals surface area contributed by atoms with E-state index in [0.29, 0.717) is 16.8 Å². The number of amides is 1. The molecule has 2 N–H and O–H groups in total. The molecule has 0 aliphatic carbocycles. The highest BCUT2D eigenvalue weighted by atomic mass is 32.2. The largest absolute Gasteiger partial charge is 0.350 e. The van der Waals surface area contributed by atoms with Crippen molar-refractivity contribution in [2.24, 2.45) is 0 Å². The van der Waals surface area contributed by atoms with Gasteiger partial charge in [-0.15, -0.1) is 0 Å². The summed E-state index contributed by atoms with van der Waals surface area (Å²) in [5, 5.41) is 3.01. The van der Waals surface area contributed by atoms with E-state index in [-0.39, 0.29) is 16.8 Å². The van der Waals surface area contributed by atoms with Crippen LogP contribution in [0.4, 0.5) is 5.69 Å². The molecule has 0 fully saturated rings. The molecule has 0 aliphatic heterocycles. The molecule has 6 heteroatoms. The standard InChI is InChI=1S/C24H26N2O3S/c1-18-17-21(24(27)25-19(2)13-14-20-9-5-3-6-10-20)15-16-23(18)26-30(28,29)22-11-7-4-8-12-22/h3-12,15-17,19,26H,13-14H2,1-2H3,(H,25,27)/t19-/m0/s1. The molecule has 0 heterocycles. The van der Waals surface area contributed by atoms with Gasteiger partial charge in [-0.1, -0.05) is 48.5 Å². The maximum absolute atomic E-state index is 12.6. The summed E-state index contributed by atoms with van der Waals surface area (Å²) < 4.78 is 27.6. The summed E-state index contributed by atoms with van der Waals surface area (Å²) in [5.74, 6) is -0.170. The number of sulfonamides is 1. The average molecular weight is 423 g/mol. The highest BCUT2D eigenvalue weighted by Gasteiger charge is 2.16. The highest BCUT2D eigenvalue weighted by Crippen LogP contribution is 2.21. The molecule has 0 unspecified atom stereocenters. The van der Waals surface area contributed by atoms with Crippen molar-refractivity contribution >= 4 is 21.6 Å². The fourth-order valence-electron chi connectivity index (χ4n) is 3.13. The molecule has 156 valence electrons. The summed E-state index contributed by atoms with van der Waals surface area (Å²) in [6.45, 7) is 3.76. The third-order valence-corrected chi connectivity index (χ3v) is 6.25. The predicted octanol–water partition coefficient (Wildman–Crippen LogP) is 4.55. The molecule has 3 aromatic rings. The molecule has 0 bridgehead atoms. The number of rotatable bonds is 8. The van der Waals surface area contributed by atoms with Gasteiger partial charge in [0.25, 0.3) is 15.9 Å². The summed E-state index contributed by atoms with van der Waals surface area (Å²) in [6, 6.07) is 23.3. The SMILES string of the molecule is Cc1cc(C(=O)N[C@@H](C)CCc2ccccc2)ccc1NS(=O)(=O)c1ccccc1. The van der Waals surface area contributed by atoms with Gasteiger partial charge in [0.2, 0.25) is 0 Å². The number of carbonyl (C=O) groups is 1. The minimum Gasteiger partial charge on any atom is -0.350 e. The molecule has 1 atom stereocenters. The topological polar surface area (TPSA) is 75.3 Å². The van der Waals surface area contributed by atoms with Gasteiger partial charge in [-0.2, -0.15) is 0 Å². The maximum Gasteiger partial charge on any atom is 0.261 e. The van der Waals surface area contributed by atoms with Crippen molar-refractivity contribution in [1.29, 1.82) is 0 Å². The fraction of sp³-hybridized carbons (Fsp3) is 0.208. The van der Waals surface area contributed by atoms with E-state index in [9.17, 15) is 13.2 Å². The Morgan fingerprint density at radius 3 is 2.20 bits per heavy atom. The third kappa shape index (κ3) is 5.70. The number of anilines is 1. The van der Waals surface area contributed by atoms with E-state index in [4.69, 9.17) is 0 Å². The zero-order chi connectivity index (χ0) is 21.6. The van der Waals surface area contributed by atoms with Gasteiger partial charge >= 0.3 is 0 Å². The lowest BCUT2D eigenvalue weighted by Crippen LogP contribution is -2.33. The molecule has 3 aromatic carbocycles. The predicted molar refractivity (Wildman–Crippen MR) is 120 cm³/mol. The summed E-state index contributed by atoms with van der Waals surface area (Å²) >= 11 is 0. The lowest BCUT2D eigenvalue weighted by atomic mass is 10.1. The minimum absolute atomic E-state index is 0.0225. The molecule has 0 saturated heterocycles. The van der Waals surface area contributed by atoms with E-state index >= 15 is 0 Å². The van der Waals surface area contributed by atoms with Crippen LogP contribution >= 0.6 is 0 Å². The van der Waals surface area contributed by atoms with Crippen LogP contribution in [0.1, 0.15) is 34.8 Å². The zero-order valence-electron chi connectivity index (χ0n) is 17.1. The average Bonchev–Trinajstić information content (AvgIpc) is 2.75. The maximum atomic E-state index is 12.6. The Hall–Kier alpha value is -3.12. The van der Waals surface area contributed by atoms with Crippen LogP contribution in [0.3, 0.4) is 0 Å². The first-order valence-corrected chi connectivity index (χ1v) is 11.4. The van der Waals surface area contributed by atoms with Gasteiger partial charge in [0, 0.05) is 11.6 Å². The van der Waals surface area contributed by atoms with E-state index < -0.39 is 10.0 Å². The summed E-state index contributed by atoms with van der Waals surface area (Å²) in [7, 11) is -3.67. The lowest BCUT2D eigenvalue weighted by Gasteiger charge is -2.15. The second-order valence-corrected chi connectivity index (χ2v) is 9.03. The molecule has 3 rings (SSSR count). The smallest absolute Gasteiger partial charge is 0.261 e. The highest BCUT2D eigenvalue weighted by molar-refractivity contribution is 7.92. The number of carbonyl (C=O) groups excluding carboxylic acids is 1. The quantitative estimate of drug-likeness (QED) is 0.559. The van der Waals surface area contributed by atoms with Gasteiger partial charge in [-0.25, -0.2) is 8.42 Å². The monoisotopic (exact) mass is 422 g/mol. The van der Waals surface area contributed by atoms with Crippen molar-refractivity contribution in [2.75, 3.05) is 4.72 Å². The summed E-state index contributed by atoms with van der Waals surface area (Å²) in [4.78, 5) is 12.8. The first kappa shape index (κ1) is 21.6. The van der Waals surface area contributed by atoms with Gasteiger partial charge in [0.1, 0.15) is 0 Å². The van der Waals surface area contributed by atoms with E-state index in [0.717, 1.165) is 12.8 Å². The number of hydrogen-bond donors (Lipinski definition) is 2. The molecule has 0 aromatic heterocycles. The Balaban J connectivity index is 1.62. The first-order valence-electron chi connectivity index (χ1n) is 9.88. The van der Waals surface area contributed by atoms with Crippen LogP contribution in [0.15, 0.2) is 83.8 Å². The fourth-order valence-corrected chi connectivity index (χ4v) is 4.28. The minimum atomic E-state index is -3.67. The van der Waals surface area contributed by atoms with Crippen LogP contribution in [-0.2, 0) is 16.4 Å². The van der Waals surface area contributed by atoms with Gasteiger partial charge < -0.3 is 5.32 Å². The lowest BCUT2D eigenvalue weighted by molar-refractivity contribution is 0.0938. The van der Waals surface area contributed by atoms with Crippen molar-refractivity contribution < 1.29 is 13.2 Å². The second-order valence-electron chi connectivity index (χ2n) is 7.35. The molecule has 0 spiro atoms. The summed E-state index contributed by atoms with van der Waals surface area (Å²) in [6.07, 6.45) is 1.73. The van der Waals surface area contributed by atoms with Crippen molar-refractivity contribution in [3.8, 4) is 0 Å². The van der Waals surface area contributed by atoms with E-state index in [1.807, 2.05) is 25.1 Å². The van der Waals surface area contributed by atoms with E-state index in [1.165, 1.54) is 17.7 Å². The van der Waals surface area contributed by atoms with Crippen LogP contribution in [0, 0.1) is 6.92 Å². The molecule has 1 amide bonds. The van der Waals surface area contributed by atoms with Gasteiger partial charge in [-0.05, 0) is 68.1 Å². The molecular weight excluding hydrogens is 396 g/mol. The number of hydrogen-bond acceptors (Lipinski definition) is 3. The second kappa shape index (κ2) is 9.59. The molecule has 30 heavy (non-hydrogen) atoms. The van der Waals surface area contributed by atoms with Gasteiger partial charge in [0.15, 0.2) is 0 Å². The Morgan fingerprint density at radius 2 is 1.57 bits per heavy atom. The Kier molecular flexibility index (Phi) is 6.90. The number of aryl methyl sites for hydroxylation is 2. The van der Waals surface area contributed by atoms with Crippen LogP contribution in [-0.4, -0.2) is 20.4 Å². The van der Waals surface area contributed by atoms with E-state index in [2.05, 4.69) is 22.2 Å². The van der Waals surface area contributed by atoms with Crippen LogP contribution in [0.2, 0.25) is 0 Å². The van der Waals surface area contributed by atoms with Crippen LogP contribution < -0.4 is 10.0 Å². The van der Waals surface area contributed by atoms with E-state index in [1.54, 1.807) is 43.3 Å². The Bertz CT molecular complexity index is 1100. The Morgan fingerprint density at radius 1 is 0.933 bits per heavy atom.